The minimum atomic E-state index is 1.29. The highest BCUT2D eigenvalue weighted by atomic mass is 14.1. The molecule has 0 unspecified atom stereocenters. The molecule has 1 aromatic rings. The first kappa shape index (κ1) is 21.3. The smallest absolute Gasteiger partial charge is 0.0276 e. The molecule has 0 atom stereocenters. The first-order valence-electron chi connectivity index (χ1n) is 10.9. The molecule has 0 nitrogen and oxygen atoms in total. The molecule has 0 N–H and O–H groups in total. The third kappa shape index (κ3) is 10.9. The monoisotopic (exact) mass is 330 g/mol. The van der Waals surface area contributed by atoms with Crippen molar-refractivity contribution >= 4 is 0 Å². The number of aryl methyl sites for hydroxylation is 2. The van der Waals surface area contributed by atoms with Crippen molar-refractivity contribution in [3.05, 3.63) is 35.4 Å². The molecule has 0 amide bonds. The summed E-state index contributed by atoms with van der Waals surface area (Å²) in [6.07, 6.45) is 22.3. The van der Waals surface area contributed by atoms with Crippen LogP contribution < -0.4 is 0 Å². The van der Waals surface area contributed by atoms with Crippen LogP contribution in [0, 0.1) is 0 Å². The summed E-state index contributed by atoms with van der Waals surface area (Å²) < 4.78 is 0. The van der Waals surface area contributed by atoms with E-state index in [2.05, 4.69) is 38.1 Å². The molecule has 138 valence electrons. The summed E-state index contributed by atoms with van der Waals surface area (Å²) in [5, 5.41) is 0. The predicted molar refractivity (Wildman–Crippen MR) is 110 cm³/mol. The molecule has 1 aromatic carbocycles. The van der Waals surface area contributed by atoms with E-state index in [9.17, 15) is 0 Å². The highest BCUT2D eigenvalue weighted by Gasteiger charge is 2.02. The summed E-state index contributed by atoms with van der Waals surface area (Å²) >= 11 is 0. The van der Waals surface area contributed by atoms with Gasteiger partial charge in [-0.1, -0.05) is 115 Å². The van der Waals surface area contributed by atoms with Gasteiger partial charge < -0.3 is 0 Å². The summed E-state index contributed by atoms with van der Waals surface area (Å²) in [7, 11) is 0. The number of rotatable bonds is 16. The molecule has 0 saturated carbocycles. The third-order valence-electron chi connectivity index (χ3n) is 5.22. The van der Waals surface area contributed by atoms with Crippen LogP contribution in [0.3, 0.4) is 0 Å². The van der Waals surface area contributed by atoms with Gasteiger partial charge in [-0.2, -0.15) is 0 Å². The standard InChI is InChI=1S/C24H42/c1-3-5-7-9-11-13-15-19-23-21-17-18-22-24(23)20-16-14-12-10-8-6-4-2/h17-18,21-22H,3-16,19-20H2,1-2H3. The molecule has 0 spiro atoms. The molecule has 0 aliphatic heterocycles. The molecule has 0 radical (unpaired) electrons. The summed E-state index contributed by atoms with van der Waals surface area (Å²) in [6, 6.07) is 9.19. The first-order valence-corrected chi connectivity index (χ1v) is 10.9. The molecule has 0 aliphatic carbocycles. The van der Waals surface area contributed by atoms with Crippen LogP contribution in [0.25, 0.3) is 0 Å². The highest BCUT2D eigenvalue weighted by molar-refractivity contribution is 5.27. The van der Waals surface area contributed by atoms with E-state index in [0.29, 0.717) is 0 Å². The summed E-state index contributed by atoms with van der Waals surface area (Å²) in [5.74, 6) is 0. The Morgan fingerprint density at radius 3 is 1.17 bits per heavy atom. The molecular formula is C24H42. The van der Waals surface area contributed by atoms with Crippen molar-refractivity contribution in [3.8, 4) is 0 Å². The molecule has 0 heterocycles. The summed E-state index contributed by atoms with van der Waals surface area (Å²) in [4.78, 5) is 0. The lowest BCUT2D eigenvalue weighted by Crippen LogP contribution is -1.95. The van der Waals surface area contributed by atoms with Crippen LogP contribution in [0.15, 0.2) is 24.3 Å². The van der Waals surface area contributed by atoms with Crippen molar-refractivity contribution < 1.29 is 0 Å². The second kappa shape index (κ2) is 15.7. The van der Waals surface area contributed by atoms with Crippen LogP contribution in [-0.2, 0) is 12.8 Å². The van der Waals surface area contributed by atoms with Crippen LogP contribution in [0.1, 0.15) is 115 Å². The van der Waals surface area contributed by atoms with Gasteiger partial charge in [0.1, 0.15) is 0 Å². The van der Waals surface area contributed by atoms with Gasteiger partial charge in [0.2, 0.25) is 0 Å². The van der Waals surface area contributed by atoms with Gasteiger partial charge in [-0.25, -0.2) is 0 Å². The quantitative estimate of drug-likeness (QED) is 0.267. The summed E-state index contributed by atoms with van der Waals surface area (Å²) in [5.41, 5.74) is 3.24. The minimum absolute atomic E-state index is 1.29. The van der Waals surface area contributed by atoms with Crippen LogP contribution in [-0.4, -0.2) is 0 Å². The SMILES string of the molecule is CCCCCCCCCc1ccccc1CCCCCCCCC. The van der Waals surface area contributed by atoms with E-state index >= 15 is 0 Å². The van der Waals surface area contributed by atoms with Crippen molar-refractivity contribution in [2.45, 2.75) is 117 Å². The summed E-state index contributed by atoms with van der Waals surface area (Å²) in [6.45, 7) is 4.59. The molecule has 0 aromatic heterocycles. The molecule has 0 bridgehead atoms. The second-order valence-electron chi connectivity index (χ2n) is 7.51. The van der Waals surface area contributed by atoms with E-state index in [1.165, 1.54) is 103 Å². The Morgan fingerprint density at radius 1 is 0.458 bits per heavy atom. The van der Waals surface area contributed by atoms with E-state index in [1.54, 1.807) is 11.1 Å². The lowest BCUT2D eigenvalue weighted by atomic mass is 9.96. The van der Waals surface area contributed by atoms with Crippen LogP contribution in [0.4, 0.5) is 0 Å². The lowest BCUT2D eigenvalue weighted by molar-refractivity contribution is 0.583. The van der Waals surface area contributed by atoms with E-state index < -0.39 is 0 Å². The van der Waals surface area contributed by atoms with Crippen LogP contribution in [0.5, 0.6) is 0 Å². The number of hydrogen-bond donors (Lipinski definition) is 0. The Labute approximate surface area is 152 Å². The molecule has 1 rings (SSSR count). The first-order chi connectivity index (χ1) is 11.9. The maximum absolute atomic E-state index is 2.37. The van der Waals surface area contributed by atoms with E-state index in [0.717, 1.165) is 0 Å². The molecule has 24 heavy (non-hydrogen) atoms. The molecule has 0 heteroatoms. The van der Waals surface area contributed by atoms with Crippen LogP contribution in [0.2, 0.25) is 0 Å². The van der Waals surface area contributed by atoms with Gasteiger partial charge in [-0.05, 0) is 36.8 Å². The Bertz CT molecular complexity index is 342. The normalized spacial score (nSPS) is 11.1. The van der Waals surface area contributed by atoms with Gasteiger partial charge in [0.25, 0.3) is 0 Å². The lowest BCUT2D eigenvalue weighted by Gasteiger charge is -2.10. The fourth-order valence-electron chi connectivity index (χ4n) is 3.59. The van der Waals surface area contributed by atoms with E-state index in [-0.39, 0.29) is 0 Å². The van der Waals surface area contributed by atoms with Gasteiger partial charge in [-0.15, -0.1) is 0 Å². The molecular weight excluding hydrogens is 288 g/mol. The van der Waals surface area contributed by atoms with Gasteiger partial charge in [0.15, 0.2) is 0 Å². The second-order valence-corrected chi connectivity index (χ2v) is 7.51. The zero-order chi connectivity index (χ0) is 17.3. The Morgan fingerprint density at radius 2 is 0.792 bits per heavy atom. The Kier molecular flexibility index (Phi) is 13.9. The average molecular weight is 331 g/mol. The van der Waals surface area contributed by atoms with Crippen molar-refractivity contribution in [2.75, 3.05) is 0 Å². The van der Waals surface area contributed by atoms with Crippen molar-refractivity contribution in [1.29, 1.82) is 0 Å². The number of hydrogen-bond acceptors (Lipinski definition) is 0. The third-order valence-corrected chi connectivity index (χ3v) is 5.22. The van der Waals surface area contributed by atoms with Gasteiger partial charge in [0, 0.05) is 0 Å². The molecule has 0 saturated heterocycles. The minimum Gasteiger partial charge on any atom is -0.0654 e. The van der Waals surface area contributed by atoms with Gasteiger partial charge in [0.05, 0.1) is 0 Å². The highest BCUT2D eigenvalue weighted by Crippen LogP contribution is 2.17. The van der Waals surface area contributed by atoms with Crippen LogP contribution >= 0.6 is 0 Å². The zero-order valence-electron chi connectivity index (χ0n) is 16.6. The van der Waals surface area contributed by atoms with E-state index in [1.807, 2.05) is 0 Å². The predicted octanol–water partition coefficient (Wildman–Crippen LogP) is 8.27. The Hall–Kier alpha value is -0.780. The van der Waals surface area contributed by atoms with Crippen molar-refractivity contribution in [3.63, 3.8) is 0 Å². The maximum atomic E-state index is 2.37. The fraction of sp³-hybridized carbons (Fsp3) is 0.750. The fourth-order valence-corrected chi connectivity index (χ4v) is 3.59. The number of unbranched alkanes of at least 4 members (excludes halogenated alkanes) is 12. The zero-order valence-corrected chi connectivity index (χ0v) is 16.6. The largest absolute Gasteiger partial charge is 0.0654 e. The van der Waals surface area contributed by atoms with Crippen molar-refractivity contribution in [1.82, 2.24) is 0 Å². The maximum Gasteiger partial charge on any atom is -0.0276 e. The molecule has 0 aliphatic rings. The van der Waals surface area contributed by atoms with Crippen molar-refractivity contribution in [2.24, 2.45) is 0 Å². The Balaban J connectivity index is 2.14. The number of benzene rings is 1. The average Bonchev–Trinajstić information content (AvgIpc) is 2.61. The van der Waals surface area contributed by atoms with Gasteiger partial charge in [-0.3, -0.25) is 0 Å². The topological polar surface area (TPSA) is 0 Å². The van der Waals surface area contributed by atoms with E-state index in [4.69, 9.17) is 0 Å². The molecule has 0 fully saturated rings. The van der Waals surface area contributed by atoms with Gasteiger partial charge >= 0.3 is 0 Å².